The lowest BCUT2D eigenvalue weighted by atomic mass is 9.83. The molecule has 1 fully saturated rings. The van der Waals surface area contributed by atoms with Crippen LogP contribution in [0.25, 0.3) is 0 Å². The Labute approximate surface area is 92.1 Å². The molecule has 0 amide bonds. The van der Waals surface area contributed by atoms with Gasteiger partial charge in [0, 0.05) is 0 Å². The minimum atomic E-state index is 0.562. The molecule has 0 atom stereocenters. The van der Waals surface area contributed by atoms with Crippen molar-refractivity contribution in [2.24, 2.45) is 0 Å². The van der Waals surface area contributed by atoms with Crippen molar-refractivity contribution >= 4 is 0 Å². The van der Waals surface area contributed by atoms with Gasteiger partial charge in [-0.25, -0.2) is 0 Å². The summed E-state index contributed by atoms with van der Waals surface area (Å²) in [6.45, 7) is 2.10. The van der Waals surface area contributed by atoms with Gasteiger partial charge in [-0.2, -0.15) is 0 Å². The first kappa shape index (κ1) is 10.5. The minimum absolute atomic E-state index is 0.562. The second-order valence-corrected chi connectivity index (χ2v) is 4.54. The molecule has 0 spiro atoms. The van der Waals surface area contributed by atoms with Gasteiger partial charge in [-0.3, -0.25) is 0 Å². The van der Waals surface area contributed by atoms with Crippen LogP contribution in [0.15, 0.2) is 18.2 Å². The molecule has 1 aromatic carbocycles. The molecule has 0 aliphatic heterocycles. The van der Waals surface area contributed by atoms with Gasteiger partial charge >= 0.3 is 0 Å². The largest absolute Gasteiger partial charge is 0.507 e. The van der Waals surface area contributed by atoms with Crippen LogP contribution >= 0.6 is 0 Å². The number of phenols is 1. The van der Waals surface area contributed by atoms with E-state index in [4.69, 9.17) is 0 Å². The van der Waals surface area contributed by atoms with Crippen molar-refractivity contribution in [1.82, 2.24) is 0 Å². The number of aryl methyl sites for hydroxylation is 1. The minimum Gasteiger partial charge on any atom is -0.507 e. The van der Waals surface area contributed by atoms with Crippen LogP contribution in [0.4, 0.5) is 0 Å². The lowest BCUT2D eigenvalue weighted by Gasteiger charge is -2.23. The average molecular weight is 204 g/mol. The molecule has 0 radical (unpaired) electrons. The van der Waals surface area contributed by atoms with E-state index in [1.165, 1.54) is 37.7 Å². The molecule has 0 heterocycles. The lowest BCUT2D eigenvalue weighted by molar-refractivity contribution is 0.411. The summed E-state index contributed by atoms with van der Waals surface area (Å²) in [5, 5.41) is 10.1. The normalized spacial score (nSPS) is 17.9. The van der Waals surface area contributed by atoms with Crippen molar-refractivity contribution in [2.75, 3.05) is 0 Å². The van der Waals surface area contributed by atoms with Crippen LogP contribution in [-0.4, -0.2) is 5.11 Å². The van der Waals surface area contributed by atoms with Gasteiger partial charge in [-0.05, 0) is 36.3 Å². The highest BCUT2D eigenvalue weighted by molar-refractivity contribution is 5.42. The van der Waals surface area contributed by atoms with Crippen LogP contribution in [-0.2, 0) is 6.42 Å². The van der Waals surface area contributed by atoms with Crippen molar-refractivity contribution in [3.63, 3.8) is 0 Å². The molecule has 1 N–H and O–H groups in total. The van der Waals surface area contributed by atoms with E-state index in [1.54, 1.807) is 0 Å². The quantitative estimate of drug-likeness (QED) is 0.772. The molecule has 2 rings (SSSR count). The Kier molecular flexibility index (Phi) is 3.30. The summed E-state index contributed by atoms with van der Waals surface area (Å²) in [4.78, 5) is 0. The maximum Gasteiger partial charge on any atom is 0.122 e. The smallest absolute Gasteiger partial charge is 0.122 e. The molecule has 1 aliphatic rings. The summed E-state index contributed by atoms with van der Waals surface area (Å²) in [7, 11) is 0. The highest BCUT2D eigenvalue weighted by Gasteiger charge is 2.19. The van der Waals surface area contributed by atoms with E-state index in [2.05, 4.69) is 19.1 Å². The van der Waals surface area contributed by atoms with Crippen molar-refractivity contribution in [3.8, 4) is 5.75 Å². The second-order valence-electron chi connectivity index (χ2n) is 4.54. The fraction of sp³-hybridized carbons (Fsp3) is 0.571. The van der Waals surface area contributed by atoms with E-state index < -0.39 is 0 Å². The first-order chi connectivity index (χ1) is 7.33. The van der Waals surface area contributed by atoms with E-state index in [0.29, 0.717) is 11.7 Å². The van der Waals surface area contributed by atoms with Crippen LogP contribution in [0.5, 0.6) is 5.75 Å². The van der Waals surface area contributed by atoms with Gasteiger partial charge in [0.2, 0.25) is 0 Å². The summed E-state index contributed by atoms with van der Waals surface area (Å²) in [6, 6.07) is 6.22. The predicted octanol–water partition coefficient (Wildman–Crippen LogP) is 4.00. The standard InChI is InChI=1S/C14H20O/c1-2-11-9-6-10-13(14(11)15)12-7-4-3-5-8-12/h6,9-10,12,15H,2-5,7-8H2,1H3. The summed E-state index contributed by atoms with van der Waals surface area (Å²) in [6.07, 6.45) is 7.43. The Morgan fingerprint density at radius 1 is 1.20 bits per heavy atom. The lowest BCUT2D eigenvalue weighted by Crippen LogP contribution is -2.05. The van der Waals surface area contributed by atoms with Gasteiger partial charge < -0.3 is 5.11 Å². The Morgan fingerprint density at radius 3 is 2.60 bits per heavy atom. The molecule has 0 bridgehead atoms. The van der Waals surface area contributed by atoms with E-state index in [1.807, 2.05) is 6.07 Å². The molecule has 82 valence electrons. The molecule has 1 heteroatoms. The van der Waals surface area contributed by atoms with Crippen LogP contribution in [0.3, 0.4) is 0 Å². The maximum atomic E-state index is 10.1. The monoisotopic (exact) mass is 204 g/mol. The van der Waals surface area contributed by atoms with E-state index >= 15 is 0 Å². The summed E-state index contributed by atoms with van der Waals surface area (Å²) < 4.78 is 0. The topological polar surface area (TPSA) is 20.2 Å². The van der Waals surface area contributed by atoms with Gasteiger partial charge in [0.05, 0.1) is 0 Å². The Morgan fingerprint density at radius 2 is 1.93 bits per heavy atom. The number of rotatable bonds is 2. The first-order valence-electron chi connectivity index (χ1n) is 6.13. The Hall–Kier alpha value is -0.980. The fourth-order valence-corrected chi connectivity index (χ4v) is 2.64. The average Bonchev–Trinajstić information content (AvgIpc) is 2.30. The number of para-hydroxylation sites is 1. The molecule has 15 heavy (non-hydrogen) atoms. The van der Waals surface area contributed by atoms with Gasteiger partial charge in [-0.1, -0.05) is 44.4 Å². The third-order valence-corrected chi connectivity index (χ3v) is 3.58. The Balaban J connectivity index is 2.26. The van der Waals surface area contributed by atoms with Crippen molar-refractivity contribution in [2.45, 2.75) is 51.4 Å². The zero-order valence-electron chi connectivity index (χ0n) is 9.50. The van der Waals surface area contributed by atoms with Crippen molar-refractivity contribution in [3.05, 3.63) is 29.3 Å². The van der Waals surface area contributed by atoms with Crippen LogP contribution in [0, 0.1) is 0 Å². The summed E-state index contributed by atoms with van der Waals surface area (Å²) in [5.74, 6) is 1.16. The van der Waals surface area contributed by atoms with Gasteiger partial charge in [-0.15, -0.1) is 0 Å². The molecular formula is C14H20O. The highest BCUT2D eigenvalue weighted by atomic mass is 16.3. The highest BCUT2D eigenvalue weighted by Crippen LogP contribution is 2.38. The number of phenolic OH excluding ortho intramolecular Hbond substituents is 1. The van der Waals surface area contributed by atoms with Gasteiger partial charge in [0.1, 0.15) is 5.75 Å². The maximum absolute atomic E-state index is 10.1. The fourth-order valence-electron chi connectivity index (χ4n) is 2.64. The molecule has 0 unspecified atom stereocenters. The third kappa shape index (κ3) is 2.17. The van der Waals surface area contributed by atoms with Crippen LogP contribution in [0.2, 0.25) is 0 Å². The molecule has 1 aromatic rings. The van der Waals surface area contributed by atoms with Crippen LogP contribution in [0.1, 0.15) is 56.1 Å². The van der Waals surface area contributed by atoms with Crippen molar-refractivity contribution in [1.29, 1.82) is 0 Å². The summed E-state index contributed by atoms with van der Waals surface area (Å²) >= 11 is 0. The SMILES string of the molecule is CCc1cccc(C2CCCCC2)c1O. The molecule has 0 aromatic heterocycles. The predicted molar refractivity (Wildman–Crippen MR) is 63.3 cm³/mol. The molecule has 1 saturated carbocycles. The third-order valence-electron chi connectivity index (χ3n) is 3.58. The van der Waals surface area contributed by atoms with Gasteiger partial charge in [0.15, 0.2) is 0 Å². The first-order valence-corrected chi connectivity index (χ1v) is 6.13. The molecular weight excluding hydrogens is 184 g/mol. The number of aromatic hydroxyl groups is 1. The number of hydrogen-bond acceptors (Lipinski definition) is 1. The number of hydrogen-bond donors (Lipinski definition) is 1. The van der Waals surface area contributed by atoms with E-state index in [0.717, 1.165) is 12.0 Å². The molecule has 0 saturated heterocycles. The molecule has 1 nitrogen and oxygen atoms in total. The zero-order chi connectivity index (χ0) is 10.7. The second kappa shape index (κ2) is 4.69. The number of benzene rings is 1. The van der Waals surface area contributed by atoms with Crippen molar-refractivity contribution < 1.29 is 5.11 Å². The van der Waals surface area contributed by atoms with Gasteiger partial charge in [0.25, 0.3) is 0 Å². The Bertz CT molecular complexity index is 324. The van der Waals surface area contributed by atoms with Crippen LogP contribution < -0.4 is 0 Å². The van der Waals surface area contributed by atoms with E-state index in [-0.39, 0.29) is 0 Å². The molecule has 1 aliphatic carbocycles. The van der Waals surface area contributed by atoms with E-state index in [9.17, 15) is 5.11 Å². The zero-order valence-corrected chi connectivity index (χ0v) is 9.50. The summed E-state index contributed by atoms with van der Waals surface area (Å²) in [5.41, 5.74) is 2.28.